The molecule has 5 rings (SSSR count). The number of halogens is 1. The molecule has 0 aliphatic carbocycles. The first-order valence-electron chi connectivity index (χ1n) is 8.17. The van der Waals surface area contributed by atoms with Crippen LogP contribution >= 0.6 is 11.6 Å². The van der Waals surface area contributed by atoms with Gasteiger partial charge in [-0.2, -0.15) is 4.98 Å². The third-order valence-electron chi connectivity index (χ3n) is 4.15. The van der Waals surface area contributed by atoms with Crippen molar-refractivity contribution in [3.63, 3.8) is 0 Å². The van der Waals surface area contributed by atoms with Crippen molar-refractivity contribution in [3.05, 3.63) is 65.6 Å². The van der Waals surface area contributed by atoms with Gasteiger partial charge in [-0.05, 0) is 29.8 Å². The van der Waals surface area contributed by atoms with Crippen LogP contribution in [-0.4, -0.2) is 35.1 Å². The van der Waals surface area contributed by atoms with Crippen LogP contribution in [0.15, 0.2) is 59.5 Å². The Morgan fingerprint density at radius 1 is 1.15 bits per heavy atom. The van der Waals surface area contributed by atoms with Crippen molar-refractivity contribution >= 4 is 22.6 Å². The lowest BCUT2D eigenvalue weighted by atomic mass is 10.2. The summed E-state index contributed by atoms with van der Waals surface area (Å²) >= 11 is 6.19. The number of nitrogens with zero attached hydrogens (tertiary/aromatic N) is 6. The van der Waals surface area contributed by atoms with E-state index in [1.807, 2.05) is 42.5 Å². The van der Waals surface area contributed by atoms with Gasteiger partial charge in [-0.1, -0.05) is 40.2 Å². The van der Waals surface area contributed by atoms with Crippen LogP contribution in [0.4, 0.5) is 0 Å². The summed E-state index contributed by atoms with van der Waals surface area (Å²) in [5.74, 6) is 0.780. The molecule has 27 heavy (non-hydrogen) atoms. The van der Waals surface area contributed by atoms with Crippen molar-refractivity contribution in [2.24, 2.45) is 0 Å². The SMILES string of the molecule is Clc1ccccc1Cn1cc(-c2nc(-c3ccc4nc[nH]c4c3)no2)nn1. The summed E-state index contributed by atoms with van der Waals surface area (Å²) in [6.45, 7) is 0.504. The molecule has 3 heterocycles. The molecule has 0 aliphatic rings. The van der Waals surface area contributed by atoms with Crippen molar-refractivity contribution in [2.45, 2.75) is 6.54 Å². The van der Waals surface area contributed by atoms with Crippen LogP contribution in [0.3, 0.4) is 0 Å². The van der Waals surface area contributed by atoms with E-state index in [-0.39, 0.29) is 0 Å². The van der Waals surface area contributed by atoms with Crippen LogP contribution in [0.1, 0.15) is 5.56 Å². The fraction of sp³-hybridized carbons (Fsp3) is 0.0556. The van der Waals surface area contributed by atoms with Gasteiger partial charge in [0.05, 0.1) is 30.1 Å². The van der Waals surface area contributed by atoms with Crippen molar-refractivity contribution in [2.75, 3.05) is 0 Å². The van der Waals surface area contributed by atoms with Gasteiger partial charge in [0, 0.05) is 10.6 Å². The van der Waals surface area contributed by atoms with E-state index in [1.54, 1.807) is 17.2 Å². The fourth-order valence-corrected chi connectivity index (χ4v) is 2.99. The Morgan fingerprint density at radius 2 is 2.07 bits per heavy atom. The fourth-order valence-electron chi connectivity index (χ4n) is 2.79. The quantitative estimate of drug-likeness (QED) is 0.514. The van der Waals surface area contributed by atoms with Crippen LogP contribution in [0.5, 0.6) is 0 Å². The lowest BCUT2D eigenvalue weighted by molar-refractivity contribution is 0.431. The normalized spacial score (nSPS) is 11.3. The zero-order valence-corrected chi connectivity index (χ0v) is 14.6. The molecular formula is C18H12ClN7O. The Labute approximate surface area is 157 Å². The summed E-state index contributed by atoms with van der Waals surface area (Å²) in [6.07, 6.45) is 3.39. The highest BCUT2D eigenvalue weighted by molar-refractivity contribution is 6.31. The van der Waals surface area contributed by atoms with E-state index in [2.05, 4.69) is 30.4 Å². The molecule has 2 aromatic carbocycles. The summed E-state index contributed by atoms with van der Waals surface area (Å²) < 4.78 is 7.03. The first kappa shape index (κ1) is 15.7. The minimum absolute atomic E-state index is 0.306. The van der Waals surface area contributed by atoms with E-state index in [1.165, 1.54) is 0 Å². The van der Waals surface area contributed by atoms with Gasteiger partial charge in [0.25, 0.3) is 5.89 Å². The molecule has 8 nitrogen and oxygen atoms in total. The van der Waals surface area contributed by atoms with Gasteiger partial charge in [0.15, 0.2) is 5.69 Å². The van der Waals surface area contributed by atoms with E-state index < -0.39 is 0 Å². The van der Waals surface area contributed by atoms with Gasteiger partial charge in [0.2, 0.25) is 5.82 Å². The largest absolute Gasteiger partial charge is 0.345 e. The average Bonchev–Trinajstić information content (AvgIpc) is 3.43. The molecule has 0 unspecified atom stereocenters. The molecule has 9 heteroatoms. The van der Waals surface area contributed by atoms with Gasteiger partial charge in [0.1, 0.15) is 0 Å². The third-order valence-corrected chi connectivity index (χ3v) is 4.52. The Hall–Kier alpha value is -3.52. The van der Waals surface area contributed by atoms with Crippen molar-refractivity contribution in [1.29, 1.82) is 0 Å². The van der Waals surface area contributed by atoms with Crippen LogP contribution in [0.25, 0.3) is 34.0 Å². The zero-order valence-electron chi connectivity index (χ0n) is 13.9. The molecule has 0 saturated carbocycles. The molecule has 0 radical (unpaired) electrons. The number of benzene rings is 2. The summed E-state index contributed by atoms with van der Waals surface area (Å²) in [5.41, 5.74) is 4.07. The number of aromatic nitrogens is 7. The van der Waals surface area contributed by atoms with E-state index in [4.69, 9.17) is 16.1 Å². The van der Waals surface area contributed by atoms with Crippen LogP contribution in [0.2, 0.25) is 5.02 Å². The summed E-state index contributed by atoms with van der Waals surface area (Å²) in [4.78, 5) is 11.7. The van der Waals surface area contributed by atoms with E-state index in [9.17, 15) is 0 Å². The van der Waals surface area contributed by atoms with Gasteiger partial charge in [-0.3, -0.25) is 0 Å². The first-order chi connectivity index (χ1) is 13.3. The van der Waals surface area contributed by atoms with Gasteiger partial charge in [-0.25, -0.2) is 9.67 Å². The topological polar surface area (TPSA) is 98.3 Å². The van der Waals surface area contributed by atoms with Gasteiger partial charge >= 0.3 is 0 Å². The molecule has 0 amide bonds. The number of imidazole rings is 1. The van der Waals surface area contributed by atoms with E-state index in [0.717, 1.165) is 22.2 Å². The molecule has 5 aromatic rings. The number of rotatable bonds is 4. The van der Waals surface area contributed by atoms with E-state index >= 15 is 0 Å². The number of H-pyrrole nitrogens is 1. The highest BCUT2D eigenvalue weighted by atomic mass is 35.5. The molecule has 0 fully saturated rings. The monoisotopic (exact) mass is 377 g/mol. The Balaban J connectivity index is 1.41. The average molecular weight is 378 g/mol. The summed E-state index contributed by atoms with van der Waals surface area (Å²) in [6, 6.07) is 13.3. The van der Waals surface area contributed by atoms with Crippen LogP contribution in [-0.2, 0) is 6.54 Å². The maximum Gasteiger partial charge on any atom is 0.280 e. The lowest BCUT2D eigenvalue weighted by Gasteiger charge is -2.02. The molecule has 1 N–H and O–H groups in total. The van der Waals surface area contributed by atoms with Crippen molar-refractivity contribution in [3.8, 4) is 23.0 Å². The number of aromatic amines is 1. The number of fused-ring (bicyclic) bond motifs is 1. The van der Waals surface area contributed by atoms with Crippen LogP contribution < -0.4 is 0 Å². The standard InChI is InChI=1S/C18H12ClN7O/c19-13-4-2-1-3-12(13)8-26-9-16(23-25-26)18-22-17(24-27-18)11-5-6-14-15(7-11)21-10-20-14/h1-7,9-10H,8H2,(H,20,21). The Kier molecular flexibility index (Phi) is 3.68. The number of nitrogens with one attached hydrogen (secondary N) is 1. The molecule has 0 spiro atoms. The van der Waals surface area contributed by atoms with Crippen LogP contribution in [0, 0.1) is 0 Å². The second-order valence-electron chi connectivity index (χ2n) is 5.95. The number of hydrogen-bond acceptors (Lipinski definition) is 6. The number of hydrogen-bond donors (Lipinski definition) is 1. The van der Waals surface area contributed by atoms with Crippen molar-refractivity contribution in [1.82, 2.24) is 35.1 Å². The van der Waals surface area contributed by atoms with Crippen molar-refractivity contribution < 1.29 is 4.52 Å². The Bertz CT molecular complexity index is 1240. The van der Waals surface area contributed by atoms with Gasteiger partial charge in [-0.15, -0.1) is 5.10 Å². The third kappa shape index (κ3) is 2.96. The zero-order chi connectivity index (χ0) is 18.2. The van der Waals surface area contributed by atoms with Gasteiger partial charge < -0.3 is 9.51 Å². The predicted octanol–water partition coefficient (Wildman–Crippen LogP) is 3.57. The molecule has 0 bridgehead atoms. The highest BCUT2D eigenvalue weighted by Crippen LogP contribution is 2.23. The molecule has 0 aliphatic heterocycles. The molecular weight excluding hydrogens is 366 g/mol. The smallest absolute Gasteiger partial charge is 0.280 e. The molecule has 3 aromatic heterocycles. The summed E-state index contributed by atoms with van der Waals surface area (Å²) in [5, 5.41) is 13.0. The summed E-state index contributed by atoms with van der Waals surface area (Å²) in [7, 11) is 0. The van der Waals surface area contributed by atoms with E-state index in [0.29, 0.717) is 29.0 Å². The molecule has 0 atom stereocenters. The maximum absolute atomic E-state index is 6.19. The second-order valence-corrected chi connectivity index (χ2v) is 6.36. The second kappa shape index (κ2) is 6.33. The predicted molar refractivity (Wildman–Crippen MR) is 99.0 cm³/mol. The first-order valence-corrected chi connectivity index (χ1v) is 8.55. The maximum atomic E-state index is 6.19. The minimum atomic E-state index is 0.306. The molecule has 132 valence electrons. The molecule has 0 saturated heterocycles. The highest BCUT2D eigenvalue weighted by Gasteiger charge is 2.15. The Morgan fingerprint density at radius 3 is 3.00 bits per heavy atom. The minimum Gasteiger partial charge on any atom is -0.345 e. The lowest BCUT2D eigenvalue weighted by Crippen LogP contribution is -2.00.